The number of furan rings is 1. The molecular weight excluding hydrogens is 260 g/mol. The number of hydrogen-bond donors (Lipinski definition) is 1. The maximum atomic E-state index is 11.0. The third-order valence-electron chi connectivity index (χ3n) is 2.71. The van der Waals surface area contributed by atoms with Gasteiger partial charge in [0.15, 0.2) is 12.6 Å². The standard InChI is InChI=1S/C15H12O3S/c1-2-3-4-5-12-15(19)13-10(8-16)6-7-11(9-17)14(13)18-12/h2-9,19H,1H3. The number of carbonyl (C=O) groups is 2. The average Bonchev–Trinajstić information content (AvgIpc) is 2.76. The zero-order valence-corrected chi connectivity index (χ0v) is 11.2. The molecule has 4 heteroatoms. The second-order valence-corrected chi connectivity index (χ2v) is 4.33. The zero-order chi connectivity index (χ0) is 13.8. The smallest absolute Gasteiger partial charge is 0.153 e. The fourth-order valence-corrected chi connectivity index (χ4v) is 2.16. The number of aldehydes is 2. The Morgan fingerprint density at radius 2 is 1.79 bits per heavy atom. The van der Waals surface area contributed by atoms with Crippen LogP contribution in [0.25, 0.3) is 17.0 Å². The maximum Gasteiger partial charge on any atom is 0.153 e. The zero-order valence-electron chi connectivity index (χ0n) is 10.3. The minimum Gasteiger partial charge on any atom is -0.455 e. The molecule has 0 atom stereocenters. The Morgan fingerprint density at radius 1 is 1.11 bits per heavy atom. The van der Waals surface area contributed by atoms with Gasteiger partial charge < -0.3 is 4.42 Å². The lowest BCUT2D eigenvalue weighted by Crippen LogP contribution is -1.86. The molecule has 0 aliphatic carbocycles. The third-order valence-corrected chi connectivity index (χ3v) is 3.15. The summed E-state index contributed by atoms with van der Waals surface area (Å²) in [7, 11) is 0. The highest BCUT2D eigenvalue weighted by Gasteiger charge is 2.15. The fraction of sp³-hybridized carbons (Fsp3) is 0.0667. The Bertz CT molecular complexity index is 693. The summed E-state index contributed by atoms with van der Waals surface area (Å²) in [5, 5.41) is 0.572. The highest BCUT2D eigenvalue weighted by molar-refractivity contribution is 7.80. The van der Waals surface area contributed by atoms with E-state index >= 15 is 0 Å². The van der Waals surface area contributed by atoms with Crippen LogP contribution in [-0.4, -0.2) is 12.6 Å². The van der Waals surface area contributed by atoms with Crippen molar-refractivity contribution in [3.8, 4) is 0 Å². The second kappa shape index (κ2) is 5.71. The van der Waals surface area contributed by atoms with Gasteiger partial charge in [0.2, 0.25) is 0 Å². The molecule has 0 spiro atoms. The van der Waals surface area contributed by atoms with Gasteiger partial charge >= 0.3 is 0 Å². The second-order valence-electron chi connectivity index (χ2n) is 3.88. The van der Waals surface area contributed by atoms with E-state index in [1.165, 1.54) is 0 Å². The van der Waals surface area contributed by atoms with E-state index < -0.39 is 0 Å². The molecule has 0 bridgehead atoms. The van der Waals surface area contributed by atoms with Crippen molar-refractivity contribution in [1.82, 2.24) is 0 Å². The molecule has 0 aliphatic rings. The topological polar surface area (TPSA) is 47.3 Å². The number of carbonyl (C=O) groups excluding carboxylic acids is 2. The van der Waals surface area contributed by atoms with Crippen molar-refractivity contribution in [1.29, 1.82) is 0 Å². The minimum atomic E-state index is 0.393. The van der Waals surface area contributed by atoms with Gasteiger partial charge in [-0.1, -0.05) is 24.3 Å². The fourth-order valence-electron chi connectivity index (χ4n) is 1.81. The van der Waals surface area contributed by atoms with Crippen LogP contribution in [0.1, 0.15) is 33.4 Å². The molecule has 1 aromatic heterocycles. The van der Waals surface area contributed by atoms with Gasteiger partial charge in [-0.05, 0) is 19.1 Å². The molecule has 0 unspecified atom stereocenters. The lowest BCUT2D eigenvalue weighted by molar-refractivity contribution is 0.111. The summed E-state index contributed by atoms with van der Waals surface area (Å²) in [4.78, 5) is 22.6. The monoisotopic (exact) mass is 272 g/mol. The van der Waals surface area contributed by atoms with Crippen LogP contribution in [0, 0.1) is 0 Å². The average molecular weight is 272 g/mol. The molecule has 0 amide bonds. The van der Waals surface area contributed by atoms with Gasteiger partial charge in [0.1, 0.15) is 11.3 Å². The van der Waals surface area contributed by atoms with E-state index in [1.807, 2.05) is 19.1 Å². The van der Waals surface area contributed by atoms with Gasteiger partial charge in [0.25, 0.3) is 0 Å². The van der Waals surface area contributed by atoms with Crippen LogP contribution >= 0.6 is 12.6 Å². The molecular formula is C15H12O3S. The van der Waals surface area contributed by atoms with Crippen molar-refractivity contribution in [3.63, 3.8) is 0 Å². The molecule has 19 heavy (non-hydrogen) atoms. The van der Waals surface area contributed by atoms with Crippen LogP contribution in [0.15, 0.2) is 39.7 Å². The highest BCUT2D eigenvalue weighted by Crippen LogP contribution is 2.33. The molecule has 2 rings (SSSR count). The first-order valence-corrected chi connectivity index (χ1v) is 6.15. The van der Waals surface area contributed by atoms with Crippen molar-refractivity contribution in [2.45, 2.75) is 11.8 Å². The van der Waals surface area contributed by atoms with Gasteiger partial charge in [0, 0.05) is 10.9 Å². The van der Waals surface area contributed by atoms with Gasteiger partial charge in [-0.3, -0.25) is 9.59 Å². The first kappa shape index (κ1) is 13.4. The summed E-state index contributed by atoms with van der Waals surface area (Å²) in [6, 6.07) is 3.16. The van der Waals surface area contributed by atoms with E-state index in [2.05, 4.69) is 12.6 Å². The predicted molar refractivity (Wildman–Crippen MR) is 78.1 cm³/mol. The van der Waals surface area contributed by atoms with Crippen molar-refractivity contribution in [2.24, 2.45) is 0 Å². The van der Waals surface area contributed by atoms with Gasteiger partial charge in [-0.15, -0.1) is 12.6 Å². The normalized spacial score (nSPS) is 11.7. The Kier molecular flexibility index (Phi) is 4.02. The molecule has 0 saturated heterocycles. The Morgan fingerprint density at radius 3 is 2.42 bits per heavy atom. The first-order chi connectivity index (χ1) is 9.22. The Hall–Kier alpha value is -2.07. The van der Waals surface area contributed by atoms with Crippen LogP contribution in [-0.2, 0) is 0 Å². The summed E-state index contributed by atoms with van der Waals surface area (Å²) >= 11 is 4.38. The van der Waals surface area contributed by atoms with Crippen LogP contribution in [0.4, 0.5) is 0 Å². The number of benzene rings is 1. The maximum absolute atomic E-state index is 11.0. The van der Waals surface area contributed by atoms with E-state index in [0.29, 0.717) is 39.0 Å². The SMILES string of the molecule is CC=CC=Cc1oc2c(C=O)ccc(C=O)c2c1S. The van der Waals surface area contributed by atoms with E-state index in [4.69, 9.17) is 4.42 Å². The predicted octanol–water partition coefficient (Wildman–Crippen LogP) is 3.94. The molecule has 0 fully saturated rings. The molecule has 3 nitrogen and oxygen atoms in total. The molecule has 2 aromatic rings. The molecule has 0 saturated carbocycles. The number of allylic oxidation sites excluding steroid dienone is 3. The summed E-state index contributed by atoms with van der Waals surface area (Å²) < 4.78 is 5.62. The van der Waals surface area contributed by atoms with E-state index in [0.717, 1.165) is 6.29 Å². The van der Waals surface area contributed by atoms with E-state index in [1.54, 1.807) is 24.3 Å². The molecule has 1 aromatic carbocycles. The van der Waals surface area contributed by atoms with Gasteiger partial charge in [-0.2, -0.15) is 0 Å². The first-order valence-electron chi connectivity index (χ1n) is 5.71. The summed E-state index contributed by atoms with van der Waals surface area (Å²) in [6.45, 7) is 1.90. The lowest BCUT2D eigenvalue weighted by Gasteiger charge is -1.96. The Balaban J connectivity index is 2.73. The number of thiol groups is 1. The number of fused-ring (bicyclic) bond motifs is 1. The summed E-state index contributed by atoms with van der Waals surface area (Å²) in [5.41, 5.74) is 1.26. The molecule has 0 aliphatic heterocycles. The van der Waals surface area contributed by atoms with Crippen molar-refractivity contribution in [2.75, 3.05) is 0 Å². The van der Waals surface area contributed by atoms with Crippen LogP contribution in [0.3, 0.4) is 0 Å². The van der Waals surface area contributed by atoms with E-state index in [-0.39, 0.29) is 0 Å². The van der Waals surface area contributed by atoms with Crippen molar-refractivity contribution < 1.29 is 14.0 Å². The van der Waals surface area contributed by atoms with Gasteiger partial charge in [-0.25, -0.2) is 0 Å². The molecule has 0 radical (unpaired) electrons. The van der Waals surface area contributed by atoms with Gasteiger partial charge in [0.05, 0.1) is 10.5 Å². The van der Waals surface area contributed by atoms with Crippen LogP contribution in [0.2, 0.25) is 0 Å². The van der Waals surface area contributed by atoms with E-state index in [9.17, 15) is 9.59 Å². The lowest BCUT2D eigenvalue weighted by atomic mass is 10.1. The Labute approximate surface area is 116 Å². The van der Waals surface area contributed by atoms with Crippen molar-refractivity contribution in [3.05, 3.63) is 47.2 Å². The van der Waals surface area contributed by atoms with Crippen molar-refractivity contribution >= 4 is 42.2 Å². The van der Waals surface area contributed by atoms with Crippen LogP contribution < -0.4 is 0 Å². The number of hydrogen-bond acceptors (Lipinski definition) is 4. The molecule has 0 N–H and O–H groups in total. The number of rotatable bonds is 4. The van der Waals surface area contributed by atoms with Crippen LogP contribution in [0.5, 0.6) is 0 Å². The highest BCUT2D eigenvalue weighted by atomic mass is 32.1. The molecule has 96 valence electrons. The molecule has 1 heterocycles. The summed E-state index contributed by atoms with van der Waals surface area (Å²) in [5.74, 6) is 0.522. The largest absolute Gasteiger partial charge is 0.455 e. The third kappa shape index (κ3) is 2.39. The minimum absolute atomic E-state index is 0.393. The summed E-state index contributed by atoms with van der Waals surface area (Å²) in [6.07, 6.45) is 8.70. The quantitative estimate of drug-likeness (QED) is 0.521.